The van der Waals surface area contributed by atoms with E-state index in [4.69, 9.17) is 0 Å². The van der Waals surface area contributed by atoms with Gasteiger partial charge in [-0.05, 0) is 43.7 Å². The number of halogens is 3. The maximum absolute atomic E-state index is 13.4. The van der Waals surface area contributed by atoms with Gasteiger partial charge >= 0.3 is 0 Å². The number of rotatable bonds is 7. The van der Waals surface area contributed by atoms with Gasteiger partial charge in [-0.1, -0.05) is 24.3 Å². The molecule has 0 fully saturated rings. The van der Waals surface area contributed by atoms with Crippen LogP contribution in [0.25, 0.3) is 0 Å². The maximum atomic E-state index is 13.4. The average molecular weight is 507 g/mol. The van der Waals surface area contributed by atoms with Crippen LogP contribution in [0.5, 0.6) is 0 Å². The predicted molar refractivity (Wildman–Crippen MR) is 117 cm³/mol. The quantitative estimate of drug-likeness (QED) is 0.339. The minimum Gasteiger partial charge on any atom is -0.357 e. The summed E-state index contributed by atoms with van der Waals surface area (Å²) in [6, 6.07) is 12.8. The Bertz CT molecular complexity index is 775. The summed E-state index contributed by atoms with van der Waals surface area (Å²) in [6.07, 6.45) is 0. The Hall–Kier alpha value is -1.55. The summed E-state index contributed by atoms with van der Waals surface area (Å²) in [4.78, 5) is 5.19. The topological polar surface area (TPSA) is 53.5 Å². The average Bonchev–Trinajstić information content (AvgIpc) is 2.64. The highest BCUT2D eigenvalue weighted by molar-refractivity contribution is 14.0. The Morgan fingerprint density at radius 1 is 1.15 bits per heavy atom. The van der Waals surface area contributed by atoms with Gasteiger partial charge in [-0.25, -0.2) is 8.78 Å². The second-order valence-corrected chi connectivity index (χ2v) is 7.23. The first kappa shape index (κ1) is 23.5. The van der Waals surface area contributed by atoms with Gasteiger partial charge in [0.2, 0.25) is 0 Å². The lowest BCUT2D eigenvalue weighted by atomic mass is 10.1. The van der Waals surface area contributed by atoms with E-state index in [1.807, 2.05) is 44.2 Å². The highest BCUT2D eigenvalue weighted by Crippen LogP contribution is 2.15. The molecule has 0 aliphatic heterocycles. The van der Waals surface area contributed by atoms with Crippen molar-refractivity contribution in [1.29, 1.82) is 0 Å². The third-order valence-corrected chi connectivity index (χ3v) is 5.05. The molecule has 2 atom stereocenters. The molecule has 0 aliphatic rings. The molecule has 0 spiro atoms. The van der Waals surface area contributed by atoms with Crippen LogP contribution in [0.15, 0.2) is 58.4 Å². The number of hydrogen-bond acceptors (Lipinski definition) is 2. The third-order valence-electron chi connectivity index (χ3n) is 3.69. The zero-order valence-corrected chi connectivity index (χ0v) is 18.4. The number of benzene rings is 2. The number of aliphatic imine (C=N–C) groups is 1. The van der Waals surface area contributed by atoms with Crippen molar-refractivity contribution in [2.75, 3.05) is 18.8 Å². The first-order valence-electron chi connectivity index (χ1n) is 8.44. The maximum Gasteiger partial charge on any atom is 0.191 e. The molecule has 2 N–H and O–H groups in total. The Kier molecular flexibility index (Phi) is 10.5. The molecule has 2 unspecified atom stereocenters. The fourth-order valence-corrected chi connectivity index (χ4v) is 3.27. The Labute approximate surface area is 178 Å². The van der Waals surface area contributed by atoms with Crippen molar-refractivity contribution < 1.29 is 13.0 Å². The molecule has 2 aromatic carbocycles. The molecule has 0 saturated heterocycles. The number of nitrogens with zero attached hydrogens (tertiary/aromatic N) is 1. The molecule has 8 heteroatoms. The molecule has 0 amide bonds. The van der Waals surface area contributed by atoms with Gasteiger partial charge in [0.15, 0.2) is 17.6 Å². The van der Waals surface area contributed by atoms with Gasteiger partial charge < -0.3 is 10.6 Å². The van der Waals surface area contributed by atoms with Gasteiger partial charge in [0, 0.05) is 17.2 Å². The minimum absolute atomic E-state index is 0. The van der Waals surface area contributed by atoms with Crippen LogP contribution >= 0.6 is 24.0 Å². The van der Waals surface area contributed by atoms with E-state index in [1.54, 1.807) is 0 Å². The molecule has 0 radical (unpaired) electrons. The van der Waals surface area contributed by atoms with E-state index in [1.165, 1.54) is 12.1 Å². The third kappa shape index (κ3) is 7.53. The van der Waals surface area contributed by atoms with E-state index >= 15 is 0 Å². The van der Waals surface area contributed by atoms with E-state index in [2.05, 4.69) is 15.6 Å². The number of guanidine groups is 1. The second-order valence-electron chi connectivity index (χ2n) is 5.66. The van der Waals surface area contributed by atoms with Crippen LogP contribution in [0.2, 0.25) is 0 Å². The lowest BCUT2D eigenvalue weighted by molar-refractivity contribution is 0.504. The molecule has 4 nitrogen and oxygen atoms in total. The molecule has 2 aromatic rings. The van der Waals surface area contributed by atoms with E-state index in [-0.39, 0.29) is 30.0 Å². The first-order chi connectivity index (χ1) is 12.5. The zero-order chi connectivity index (χ0) is 18.9. The monoisotopic (exact) mass is 507 g/mol. The van der Waals surface area contributed by atoms with E-state index in [9.17, 15) is 13.0 Å². The summed E-state index contributed by atoms with van der Waals surface area (Å²) in [7, 11) is -1.11. The van der Waals surface area contributed by atoms with Crippen LogP contribution in [0.4, 0.5) is 8.78 Å². The highest BCUT2D eigenvalue weighted by atomic mass is 127. The molecule has 0 bridgehead atoms. The van der Waals surface area contributed by atoms with Crippen LogP contribution in [-0.4, -0.2) is 29.0 Å². The molecular formula is C19H24F2IN3OS. The Morgan fingerprint density at radius 2 is 1.85 bits per heavy atom. The Balaban J connectivity index is 0.00000364. The fourth-order valence-electron chi connectivity index (χ4n) is 2.32. The van der Waals surface area contributed by atoms with Crippen molar-refractivity contribution in [3.05, 3.63) is 65.7 Å². The lowest BCUT2D eigenvalue weighted by Gasteiger charge is -2.18. The van der Waals surface area contributed by atoms with Crippen molar-refractivity contribution in [2.45, 2.75) is 24.8 Å². The second kappa shape index (κ2) is 12.0. The smallest absolute Gasteiger partial charge is 0.191 e. The molecular weight excluding hydrogens is 483 g/mol. The van der Waals surface area contributed by atoms with Gasteiger partial charge in [0.25, 0.3) is 0 Å². The van der Waals surface area contributed by atoms with Gasteiger partial charge in [-0.3, -0.25) is 9.20 Å². The number of hydrogen-bond donors (Lipinski definition) is 2. The largest absolute Gasteiger partial charge is 0.357 e. The van der Waals surface area contributed by atoms with Gasteiger partial charge in [-0.2, -0.15) is 0 Å². The van der Waals surface area contributed by atoms with Gasteiger partial charge in [0.05, 0.1) is 23.4 Å². The molecule has 0 saturated carbocycles. The molecule has 0 heterocycles. The summed E-state index contributed by atoms with van der Waals surface area (Å²) >= 11 is 0. The summed E-state index contributed by atoms with van der Waals surface area (Å²) in [5, 5.41) is 6.24. The van der Waals surface area contributed by atoms with Crippen molar-refractivity contribution in [2.24, 2.45) is 4.99 Å². The SMILES string of the molecule is CCNC(=NCCS(=O)c1ccccc1)NC(C)c1ccc(F)c(F)c1.I. The standard InChI is InChI=1S/C19H23F2N3OS.HI/c1-3-22-19(23-11-12-26(25)16-7-5-4-6-8-16)24-14(2)15-9-10-17(20)18(21)13-15;/h4-10,13-14H,3,11-12H2,1-2H3,(H2,22,23,24);1H. The summed E-state index contributed by atoms with van der Waals surface area (Å²) < 4.78 is 38.7. The van der Waals surface area contributed by atoms with Crippen LogP contribution in [-0.2, 0) is 10.8 Å². The predicted octanol–water partition coefficient (Wildman–Crippen LogP) is 4.01. The first-order valence-corrected chi connectivity index (χ1v) is 9.76. The summed E-state index contributed by atoms with van der Waals surface area (Å²) in [6.45, 7) is 4.79. The van der Waals surface area contributed by atoms with Gasteiger partial charge in [-0.15, -0.1) is 24.0 Å². The summed E-state index contributed by atoms with van der Waals surface area (Å²) in [5.74, 6) is -0.809. The van der Waals surface area contributed by atoms with E-state index in [0.717, 1.165) is 11.0 Å². The van der Waals surface area contributed by atoms with E-state index < -0.39 is 22.4 Å². The fraction of sp³-hybridized carbons (Fsp3) is 0.316. The van der Waals surface area contributed by atoms with Crippen molar-refractivity contribution in [3.8, 4) is 0 Å². The van der Waals surface area contributed by atoms with Crippen molar-refractivity contribution >= 4 is 40.7 Å². The van der Waals surface area contributed by atoms with Crippen molar-refractivity contribution in [3.63, 3.8) is 0 Å². The molecule has 148 valence electrons. The molecule has 0 aliphatic carbocycles. The van der Waals surface area contributed by atoms with Crippen molar-refractivity contribution in [1.82, 2.24) is 10.6 Å². The molecule has 0 aromatic heterocycles. The minimum atomic E-state index is -1.11. The highest BCUT2D eigenvalue weighted by Gasteiger charge is 2.11. The van der Waals surface area contributed by atoms with Crippen LogP contribution in [0.3, 0.4) is 0 Å². The zero-order valence-electron chi connectivity index (χ0n) is 15.2. The van der Waals surface area contributed by atoms with Crippen LogP contribution < -0.4 is 10.6 Å². The molecule has 2 rings (SSSR count). The Morgan fingerprint density at radius 3 is 2.48 bits per heavy atom. The normalized spacial score (nSPS) is 13.4. The lowest BCUT2D eigenvalue weighted by Crippen LogP contribution is -2.39. The van der Waals surface area contributed by atoms with Crippen LogP contribution in [0, 0.1) is 11.6 Å². The summed E-state index contributed by atoms with van der Waals surface area (Å²) in [5.41, 5.74) is 0.613. The molecule has 27 heavy (non-hydrogen) atoms. The van der Waals surface area contributed by atoms with Crippen LogP contribution in [0.1, 0.15) is 25.5 Å². The van der Waals surface area contributed by atoms with Gasteiger partial charge in [0.1, 0.15) is 0 Å². The van der Waals surface area contributed by atoms with E-state index in [0.29, 0.717) is 30.4 Å². The number of nitrogens with one attached hydrogen (secondary N) is 2.